The number of para-hydroxylation sites is 3. The molecule has 3 aliphatic rings. The summed E-state index contributed by atoms with van der Waals surface area (Å²) in [7, 11) is 0. The van der Waals surface area contributed by atoms with Gasteiger partial charge in [0.05, 0.1) is 16.6 Å². The highest BCUT2D eigenvalue weighted by Crippen LogP contribution is 2.63. The molecule has 0 N–H and O–H groups in total. The molecule has 2 aliphatic carbocycles. The number of ether oxygens (including phenoxy) is 1. The van der Waals surface area contributed by atoms with Gasteiger partial charge in [-0.2, -0.15) is 0 Å². The number of nitrogens with zero attached hydrogens (tertiary/aromatic N) is 2. The first-order valence-corrected chi connectivity index (χ1v) is 18.7. The second-order valence-electron chi connectivity index (χ2n) is 14.4. The van der Waals surface area contributed by atoms with E-state index in [1.165, 1.54) is 44.5 Å². The second kappa shape index (κ2) is 12.1. The molecule has 0 fully saturated rings. The van der Waals surface area contributed by atoms with Crippen molar-refractivity contribution in [2.45, 2.75) is 17.8 Å². The molecule has 1 atom stereocenters. The van der Waals surface area contributed by atoms with Gasteiger partial charge in [0.25, 0.3) is 0 Å². The summed E-state index contributed by atoms with van der Waals surface area (Å²) in [6.45, 7) is 0. The lowest BCUT2D eigenvalue weighted by Crippen LogP contribution is -2.32. The van der Waals surface area contributed by atoms with Gasteiger partial charge in [-0.25, -0.2) is 9.97 Å². The molecule has 11 rings (SSSR count). The highest BCUT2D eigenvalue weighted by atomic mass is 16.5. The summed E-state index contributed by atoms with van der Waals surface area (Å²) >= 11 is 0. The maximum atomic E-state index is 6.93. The molecule has 54 heavy (non-hydrogen) atoms. The third kappa shape index (κ3) is 4.55. The smallest absolute Gasteiger partial charge is 0.160 e. The van der Waals surface area contributed by atoms with Crippen molar-refractivity contribution in [3.8, 4) is 45.1 Å². The van der Waals surface area contributed by atoms with E-state index in [4.69, 9.17) is 14.7 Å². The van der Waals surface area contributed by atoms with Crippen LogP contribution in [-0.2, 0) is 5.41 Å². The minimum atomic E-state index is -0.481. The zero-order chi connectivity index (χ0) is 35.6. The van der Waals surface area contributed by atoms with Crippen LogP contribution in [0.1, 0.15) is 45.8 Å². The molecule has 1 aromatic heterocycles. The van der Waals surface area contributed by atoms with Crippen LogP contribution in [0.15, 0.2) is 188 Å². The Morgan fingerprint density at radius 3 is 1.93 bits per heavy atom. The quantitative estimate of drug-likeness (QED) is 0.184. The molecule has 3 heteroatoms. The van der Waals surface area contributed by atoms with Crippen LogP contribution in [0.4, 0.5) is 0 Å². The fourth-order valence-corrected chi connectivity index (χ4v) is 9.11. The van der Waals surface area contributed by atoms with E-state index in [0.29, 0.717) is 0 Å². The van der Waals surface area contributed by atoms with Gasteiger partial charge in [0.1, 0.15) is 11.5 Å². The Bertz CT molecular complexity index is 2790. The number of hydrogen-bond acceptors (Lipinski definition) is 3. The Morgan fingerprint density at radius 1 is 0.500 bits per heavy atom. The molecule has 8 aromatic rings. The van der Waals surface area contributed by atoms with Crippen molar-refractivity contribution in [3.05, 3.63) is 222 Å². The van der Waals surface area contributed by atoms with E-state index in [2.05, 4.69) is 170 Å². The summed E-state index contributed by atoms with van der Waals surface area (Å²) < 4.78 is 6.93. The average molecular weight is 691 g/mol. The maximum absolute atomic E-state index is 6.93. The molecular weight excluding hydrogens is 657 g/mol. The van der Waals surface area contributed by atoms with Gasteiger partial charge < -0.3 is 4.74 Å². The van der Waals surface area contributed by atoms with Gasteiger partial charge in [-0.05, 0) is 57.5 Å². The van der Waals surface area contributed by atoms with Crippen LogP contribution in [0.5, 0.6) is 11.5 Å². The van der Waals surface area contributed by atoms with Gasteiger partial charge >= 0.3 is 0 Å². The minimum Gasteiger partial charge on any atom is -0.456 e. The van der Waals surface area contributed by atoms with E-state index in [9.17, 15) is 0 Å². The van der Waals surface area contributed by atoms with Crippen molar-refractivity contribution in [1.82, 2.24) is 9.97 Å². The number of aromatic nitrogens is 2. The van der Waals surface area contributed by atoms with E-state index in [-0.39, 0.29) is 5.92 Å². The summed E-state index contributed by atoms with van der Waals surface area (Å²) in [5.41, 5.74) is 14.7. The van der Waals surface area contributed by atoms with E-state index < -0.39 is 5.41 Å². The minimum absolute atomic E-state index is 0.128. The number of rotatable bonds is 4. The number of benzene rings is 7. The molecule has 1 unspecified atom stereocenters. The molecule has 0 saturated carbocycles. The van der Waals surface area contributed by atoms with Crippen LogP contribution in [0.3, 0.4) is 0 Å². The van der Waals surface area contributed by atoms with Crippen molar-refractivity contribution in [3.63, 3.8) is 0 Å². The topological polar surface area (TPSA) is 35.0 Å². The predicted octanol–water partition coefficient (Wildman–Crippen LogP) is 12.6. The average Bonchev–Trinajstić information content (AvgIpc) is 3.54. The summed E-state index contributed by atoms with van der Waals surface area (Å²) in [6.07, 6.45) is 7.79. The van der Waals surface area contributed by atoms with E-state index in [1.54, 1.807) is 0 Å². The van der Waals surface area contributed by atoms with Crippen LogP contribution in [0.2, 0.25) is 0 Å². The highest BCUT2D eigenvalue weighted by molar-refractivity contribution is 5.91. The monoisotopic (exact) mass is 690 g/mol. The zero-order valence-corrected chi connectivity index (χ0v) is 29.5. The van der Waals surface area contributed by atoms with Crippen molar-refractivity contribution in [1.29, 1.82) is 0 Å². The Hall–Kier alpha value is -6.84. The highest BCUT2D eigenvalue weighted by Gasteiger charge is 2.51. The van der Waals surface area contributed by atoms with Gasteiger partial charge in [-0.1, -0.05) is 176 Å². The summed E-state index contributed by atoms with van der Waals surface area (Å²) in [5, 5.41) is 1.10. The Labute approximate surface area is 314 Å². The Kier molecular flexibility index (Phi) is 6.90. The predicted molar refractivity (Wildman–Crippen MR) is 219 cm³/mol. The molecule has 1 spiro atoms. The van der Waals surface area contributed by atoms with Gasteiger partial charge in [0.2, 0.25) is 0 Å². The van der Waals surface area contributed by atoms with Crippen molar-refractivity contribution >= 4 is 16.5 Å². The fraction of sp³-hybridized carbons (Fsp3) is 0.0588. The lowest BCUT2D eigenvalue weighted by atomic mass is 9.65. The van der Waals surface area contributed by atoms with E-state index in [1.807, 2.05) is 18.2 Å². The molecule has 254 valence electrons. The number of allylic oxidation sites excluding steroid dienone is 4. The molecule has 7 aromatic carbocycles. The molecule has 0 saturated heterocycles. The number of hydrogen-bond donors (Lipinski definition) is 0. The van der Waals surface area contributed by atoms with E-state index in [0.717, 1.165) is 57.0 Å². The van der Waals surface area contributed by atoms with Gasteiger partial charge in [0, 0.05) is 33.6 Å². The zero-order valence-electron chi connectivity index (χ0n) is 29.5. The maximum Gasteiger partial charge on any atom is 0.160 e. The fourth-order valence-electron chi connectivity index (χ4n) is 9.11. The molecule has 0 radical (unpaired) electrons. The second-order valence-corrected chi connectivity index (χ2v) is 14.4. The van der Waals surface area contributed by atoms with Crippen LogP contribution >= 0.6 is 0 Å². The third-order valence-corrected chi connectivity index (χ3v) is 11.5. The van der Waals surface area contributed by atoms with Crippen molar-refractivity contribution in [2.75, 3.05) is 0 Å². The standard InChI is InChI=1S/C51H34N2O/c1-2-14-35(15-3-1)50-52-46-26-10-6-20-41(46)48(53-50)37-17-12-16-36(32-37)33-28-30-34(31-29-33)38-21-13-25-45-49(38)54-47-27-11-9-24-44(47)51(45)42-22-7-4-18-39(42)40-19-5-8-23-43(40)51/h1-16,18-32,37H,17H2. The van der Waals surface area contributed by atoms with Gasteiger partial charge in [0.15, 0.2) is 5.82 Å². The summed E-state index contributed by atoms with van der Waals surface area (Å²) in [6, 6.07) is 60.6. The summed E-state index contributed by atoms with van der Waals surface area (Å²) in [5.74, 6) is 2.71. The molecule has 2 heterocycles. The Balaban J connectivity index is 1.00. The number of fused-ring (bicyclic) bond motifs is 10. The lowest BCUT2D eigenvalue weighted by molar-refractivity contribution is 0.438. The third-order valence-electron chi connectivity index (χ3n) is 11.5. The van der Waals surface area contributed by atoms with Gasteiger partial charge in [-0.3, -0.25) is 0 Å². The van der Waals surface area contributed by atoms with E-state index >= 15 is 0 Å². The normalized spacial score (nSPS) is 15.9. The largest absolute Gasteiger partial charge is 0.456 e. The SMILES string of the molecule is C1=CC(c2ccc(-c3cccc4c3Oc3ccccc3C43c4ccccc4-c4ccccc43)cc2)=CC(c2nc(-c3ccccc3)nc3ccccc23)C1. The van der Waals surface area contributed by atoms with Crippen molar-refractivity contribution in [2.24, 2.45) is 0 Å². The molecule has 0 amide bonds. The Morgan fingerprint density at radius 2 is 1.13 bits per heavy atom. The van der Waals surface area contributed by atoms with Crippen LogP contribution < -0.4 is 4.74 Å². The lowest BCUT2D eigenvalue weighted by Gasteiger charge is -2.40. The molecule has 0 bridgehead atoms. The molecule has 3 nitrogen and oxygen atoms in total. The van der Waals surface area contributed by atoms with Crippen LogP contribution in [0, 0.1) is 0 Å². The van der Waals surface area contributed by atoms with Crippen LogP contribution in [0.25, 0.3) is 50.1 Å². The van der Waals surface area contributed by atoms with Crippen LogP contribution in [-0.4, -0.2) is 9.97 Å². The molecular formula is C51H34N2O. The van der Waals surface area contributed by atoms with Crippen molar-refractivity contribution < 1.29 is 4.74 Å². The molecule has 1 aliphatic heterocycles. The van der Waals surface area contributed by atoms with Gasteiger partial charge in [-0.15, -0.1) is 0 Å². The summed E-state index contributed by atoms with van der Waals surface area (Å²) in [4.78, 5) is 10.1. The first-order chi connectivity index (χ1) is 26.8. The first kappa shape index (κ1) is 30.8. The first-order valence-electron chi connectivity index (χ1n) is 18.7.